The van der Waals surface area contributed by atoms with Gasteiger partial charge in [0.2, 0.25) is 0 Å². The first kappa shape index (κ1) is 15.8. The highest BCUT2D eigenvalue weighted by molar-refractivity contribution is 4.97. The summed E-state index contributed by atoms with van der Waals surface area (Å²) in [6.07, 6.45) is -9.31. The van der Waals surface area contributed by atoms with Crippen LogP contribution in [0.25, 0.3) is 0 Å². The van der Waals surface area contributed by atoms with Crippen molar-refractivity contribution in [2.75, 3.05) is 6.61 Å². The van der Waals surface area contributed by atoms with Crippen molar-refractivity contribution >= 4 is 0 Å². The Morgan fingerprint density at radius 2 is 1.68 bits per heavy atom. The monoisotopic (exact) mass is 290 g/mol. The predicted octanol–water partition coefficient (Wildman–Crippen LogP) is 3.30. The van der Waals surface area contributed by atoms with Gasteiger partial charge >= 0.3 is 12.4 Å². The Hall–Kier alpha value is -1.25. The molecule has 0 saturated carbocycles. The third-order valence-corrected chi connectivity index (χ3v) is 2.10. The number of hydrogen-bond acceptors (Lipinski definition) is 2. The Bertz CT molecular complexity index is 384. The summed E-state index contributed by atoms with van der Waals surface area (Å²) in [5.41, 5.74) is 0.296. The van der Waals surface area contributed by atoms with Crippen molar-refractivity contribution in [2.45, 2.75) is 38.3 Å². The molecule has 0 fully saturated rings. The Balaban J connectivity index is 2.27. The number of aromatic nitrogens is 2. The minimum Gasteiger partial charge on any atom is -0.375 e. The molecule has 1 aromatic rings. The van der Waals surface area contributed by atoms with Crippen molar-refractivity contribution in [3.63, 3.8) is 0 Å². The molecule has 0 saturated heterocycles. The van der Waals surface area contributed by atoms with E-state index in [1.807, 2.05) is 0 Å². The van der Waals surface area contributed by atoms with E-state index in [1.54, 1.807) is 0 Å². The Morgan fingerprint density at radius 1 is 1.05 bits per heavy atom. The largest absolute Gasteiger partial charge is 0.391 e. The summed E-state index contributed by atoms with van der Waals surface area (Å²) in [6, 6.07) is 1.41. The van der Waals surface area contributed by atoms with Gasteiger partial charge in [0, 0.05) is 12.7 Å². The van der Waals surface area contributed by atoms with Crippen molar-refractivity contribution in [3.8, 4) is 0 Å². The zero-order valence-electron chi connectivity index (χ0n) is 9.76. The quantitative estimate of drug-likeness (QED) is 0.593. The molecule has 0 unspecified atom stereocenters. The third-order valence-electron chi connectivity index (χ3n) is 2.10. The van der Waals surface area contributed by atoms with E-state index < -0.39 is 31.8 Å². The first-order chi connectivity index (χ1) is 8.66. The Kier molecular flexibility index (Phi) is 5.21. The maximum Gasteiger partial charge on any atom is 0.391 e. The minimum atomic E-state index is -4.29. The molecule has 0 N–H and O–H groups in total. The van der Waals surface area contributed by atoms with E-state index in [1.165, 1.54) is 12.3 Å². The van der Waals surface area contributed by atoms with E-state index in [2.05, 4.69) is 5.10 Å². The van der Waals surface area contributed by atoms with Crippen molar-refractivity contribution < 1.29 is 31.1 Å². The van der Waals surface area contributed by atoms with Gasteiger partial charge in [-0.05, 0) is 6.07 Å². The summed E-state index contributed by atoms with van der Waals surface area (Å²) in [7, 11) is 0. The van der Waals surface area contributed by atoms with Gasteiger partial charge < -0.3 is 4.74 Å². The van der Waals surface area contributed by atoms with Crippen LogP contribution in [0.15, 0.2) is 12.3 Å². The van der Waals surface area contributed by atoms with E-state index in [0.29, 0.717) is 5.69 Å². The van der Waals surface area contributed by atoms with Gasteiger partial charge in [-0.1, -0.05) is 0 Å². The van der Waals surface area contributed by atoms with Gasteiger partial charge in [0.25, 0.3) is 0 Å². The maximum atomic E-state index is 11.9. The predicted molar refractivity (Wildman–Crippen MR) is 53.2 cm³/mol. The fourth-order valence-electron chi connectivity index (χ4n) is 1.21. The highest BCUT2D eigenvalue weighted by Crippen LogP contribution is 2.20. The minimum absolute atomic E-state index is 0.158. The van der Waals surface area contributed by atoms with Crippen LogP contribution in [-0.2, 0) is 17.9 Å². The van der Waals surface area contributed by atoms with Crippen LogP contribution >= 0.6 is 0 Å². The molecule has 0 amide bonds. The molecule has 0 aliphatic heterocycles. The number of ether oxygens (including phenoxy) is 1. The van der Waals surface area contributed by atoms with Crippen molar-refractivity contribution in [3.05, 3.63) is 18.0 Å². The summed E-state index contributed by atoms with van der Waals surface area (Å²) in [5, 5.41) is 3.76. The fourth-order valence-corrected chi connectivity index (χ4v) is 1.21. The molecule has 0 radical (unpaired) electrons. The second-order valence-corrected chi connectivity index (χ2v) is 3.85. The van der Waals surface area contributed by atoms with E-state index in [9.17, 15) is 26.3 Å². The number of nitrogens with zero attached hydrogens (tertiary/aromatic N) is 2. The fraction of sp³-hybridized carbons (Fsp3) is 0.700. The molecule has 19 heavy (non-hydrogen) atoms. The van der Waals surface area contributed by atoms with Crippen LogP contribution in [-0.4, -0.2) is 28.7 Å². The zero-order valence-corrected chi connectivity index (χ0v) is 9.76. The highest BCUT2D eigenvalue weighted by Gasteiger charge is 2.27. The lowest BCUT2D eigenvalue weighted by molar-refractivity contribution is -0.146. The van der Waals surface area contributed by atoms with Gasteiger partial charge in [0.05, 0.1) is 31.7 Å². The molecule has 0 spiro atoms. The van der Waals surface area contributed by atoms with Crippen molar-refractivity contribution in [1.82, 2.24) is 9.78 Å². The topological polar surface area (TPSA) is 27.1 Å². The molecule has 1 aromatic heterocycles. The van der Waals surface area contributed by atoms with Crippen molar-refractivity contribution in [2.24, 2.45) is 0 Å². The summed E-state index contributed by atoms with van der Waals surface area (Å²) >= 11 is 0. The van der Waals surface area contributed by atoms with Crippen LogP contribution in [0.5, 0.6) is 0 Å². The molecule has 0 aromatic carbocycles. The number of hydrogen-bond donors (Lipinski definition) is 0. The van der Waals surface area contributed by atoms with Crippen LogP contribution in [0.1, 0.15) is 18.5 Å². The lowest BCUT2D eigenvalue weighted by Crippen LogP contribution is -2.13. The Morgan fingerprint density at radius 3 is 2.26 bits per heavy atom. The van der Waals surface area contributed by atoms with Gasteiger partial charge in [-0.3, -0.25) is 4.68 Å². The van der Waals surface area contributed by atoms with E-state index >= 15 is 0 Å². The molecule has 1 heterocycles. The molecule has 0 bridgehead atoms. The number of alkyl halides is 6. The number of rotatable bonds is 6. The molecular formula is C10H12F6N2O. The lowest BCUT2D eigenvalue weighted by Gasteiger charge is -2.06. The molecule has 0 aliphatic rings. The van der Waals surface area contributed by atoms with E-state index in [0.717, 1.165) is 4.68 Å². The lowest BCUT2D eigenvalue weighted by atomic mass is 10.4. The first-order valence-corrected chi connectivity index (χ1v) is 5.39. The standard InChI is InChI=1S/C10H12F6N2O/c11-9(12,13)2-5-18-4-1-8(17-18)7-19-6-3-10(14,15)16/h1,4H,2-3,5-7H2. The number of halogens is 6. The van der Waals surface area contributed by atoms with Crippen LogP contribution in [0.4, 0.5) is 26.3 Å². The first-order valence-electron chi connectivity index (χ1n) is 5.39. The second kappa shape index (κ2) is 6.27. The normalized spacial score (nSPS) is 12.9. The summed E-state index contributed by atoms with van der Waals surface area (Å²) in [6.45, 7) is -0.986. The van der Waals surface area contributed by atoms with Gasteiger partial charge in [0.15, 0.2) is 0 Å². The molecule has 110 valence electrons. The zero-order chi connectivity index (χ0) is 14.5. The van der Waals surface area contributed by atoms with Crippen LogP contribution < -0.4 is 0 Å². The smallest absolute Gasteiger partial charge is 0.375 e. The SMILES string of the molecule is FC(F)(F)CCOCc1ccn(CCC(F)(F)F)n1. The summed E-state index contributed by atoms with van der Waals surface area (Å²) < 4.78 is 77.0. The maximum absolute atomic E-state index is 11.9. The van der Waals surface area contributed by atoms with Crippen LogP contribution in [0.3, 0.4) is 0 Å². The summed E-state index contributed by atoms with van der Waals surface area (Å²) in [4.78, 5) is 0. The molecular weight excluding hydrogens is 278 g/mol. The van der Waals surface area contributed by atoms with Gasteiger partial charge in [0.1, 0.15) is 0 Å². The van der Waals surface area contributed by atoms with Gasteiger partial charge in [-0.25, -0.2) is 0 Å². The van der Waals surface area contributed by atoms with E-state index in [-0.39, 0.29) is 13.2 Å². The average molecular weight is 290 g/mol. The molecule has 3 nitrogen and oxygen atoms in total. The molecule has 1 rings (SSSR count). The van der Waals surface area contributed by atoms with Crippen LogP contribution in [0, 0.1) is 0 Å². The van der Waals surface area contributed by atoms with Gasteiger partial charge in [-0.15, -0.1) is 0 Å². The molecule has 9 heteroatoms. The van der Waals surface area contributed by atoms with Crippen LogP contribution in [0.2, 0.25) is 0 Å². The third kappa shape index (κ3) is 7.70. The average Bonchev–Trinajstić information content (AvgIpc) is 2.67. The summed E-state index contributed by atoms with van der Waals surface area (Å²) in [5.74, 6) is 0. The van der Waals surface area contributed by atoms with Gasteiger partial charge in [-0.2, -0.15) is 31.4 Å². The second-order valence-electron chi connectivity index (χ2n) is 3.85. The molecule has 0 atom stereocenters. The Labute approximate surface area is 105 Å². The highest BCUT2D eigenvalue weighted by atomic mass is 19.4. The number of aryl methyl sites for hydroxylation is 1. The van der Waals surface area contributed by atoms with E-state index in [4.69, 9.17) is 4.74 Å². The molecule has 0 aliphatic carbocycles. The van der Waals surface area contributed by atoms with Crippen molar-refractivity contribution in [1.29, 1.82) is 0 Å².